The molecule has 10 heteroatoms. The maximum Gasteiger partial charge on any atom is 0.350 e. The first-order chi connectivity index (χ1) is 15.5. The molecule has 32 heavy (non-hydrogen) atoms. The molecule has 0 spiro atoms. The number of pyridine rings is 1. The summed E-state index contributed by atoms with van der Waals surface area (Å²) in [6.45, 7) is 1.67. The molecule has 8 nitrogen and oxygen atoms in total. The Hall–Kier alpha value is -4.34. The van der Waals surface area contributed by atoms with E-state index in [4.69, 9.17) is 9.26 Å². The topological polar surface area (TPSA) is 87.5 Å². The summed E-state index contributed by atoms with van der Waals surface area (Å²) in [7, 11) is 0. The van der Waals surface area contributed by atoms with Gasteiger partial charge in [0.05, 0.1) is 0 Å². The molecule has 0 unspecified atom stereocenters. The molecule has 0 saturated carbocycles. The molecule has 0 bridgehead atoms. The highest BCUT2D eigenvalue weighted by molar-refractivity contribution is 5.65. The van der Waals surface area contributed by atoms with Gasteiger partial charge in [0, 0.05) is 6.20 Å². The van der Waals surface area contributed by atoms with Gasteiger partial charge in [0.15, 0.2) is 28.9 Å². The van der Waals surface area contributed by atoms with Crippen LogP contribution in [0.3, 0.4) is 0 Å². The zero-order valence-electron chi connectivity index (χ0n) is 16.7. The third kappa shape index (κ3) is 3.62. The number of aryl methyl sites for hydroxylation is 1. The lowest BCUT2D eigenvalue weighted by Gasteiger charge is -2.10. The van der Waals surface area contributed by atoms with Crippen LogP contribution in [-0.4, -0.2) is 24.3 Å². The third-order valence-electron chi connectivity index (χ3n) is 4.73. The number of fused-ring (bicyclic) bond motifs is 1. The lowest BCUT2D eigenvalue weighted by atomic mass is 10.1. The van der Waals surface area contributed by atoms with Gasteiger partial charge in [-0.05, 0) is 54.4 Å². The average molecular weight is 435 g/mol. The number of rotatable bonds is 5. The molecule has 0 aliphatic heterocycles. The summed E-state index contributed by atoms with van der Waals surface area (Å²) in [5, 5.41) is 7.90. The average Bonchev–Trinajstić information content (AvgIpc) is 3.34. The van der Waals surface area contributed by atoms with E-state index in [1.54, 1.807) is 49.4 Å². The van der Waals surface area contributed by atoms with E-state index in [0.717, 1.165) is 12.1 Å². The summed E-state index contributed by atoms with van der Waals surface area (Å²) in [5.74, 6) is -1.22. The SMILES string of the molecule is Cc1noc(Cn2nc3ccc(-c4cc(F)c(Oc5ccccc5)c(F)c4)cn3c2=O)n1. The predicted octanol–water partition coefficient (Wildman–Crippen LogP) is 3.97. The molecule has 0 radical (unpaired) electrons. The van der Waals surface area contributed by atoms with Gasteiger partial charge in [-0.25, -0.2) is 22.7 Å². The maximum absolute atomic E-state index is 14.7. The van der Waals surface area contributed by atoms with Gasteiger partial charge in [-0.2, -0.15) is 4.98 Å². The molecule has 2 aromatic carbocycles. The second-order valence-electron chi connectivity index (χ2n) is 7.01. The molecule has 0 N–H and O–H groups in total. The maximum atomic E-state index is 14.7. The Bertz CT molecular complexity index is 1470. The van der Waals surface area contributed by atoms with Crippen LogP contribution >= 0.6 is 0 Å². The normalized spacial score (nSPS) is 11.2. The van der Waals surface area contributed by atoms with E-state index in [2.05, 4.69) is 15.2 Å². The molecule has 0 atom stereocenters. The fourth-order valence-electron chi connectivity index (χ4n) is 3.25. The molecule has 0 amide bonds. The van der Waals surface area contributed by atoms with Gasteiger partial charge in [-0.15, -0.1) is 5.10 Å². The van der Waals surface area contributed by atoms with Crippen LogP contribution in [0, 0.1) is 18.6 Å². The van der Waals surface area contributed by atoms with Crippen LogP contribution in [0.2, 0.25) is 0 Å². The van der Waals surface area contributed by atoms with Crippen LogP contribution in [0.1, 0.15) is 11.7 Å². The predicted molar refractivity (Wildman–Crippen MR) is 109 cm³/mol. The van der Waals surface area contributed by atoms with Crippen LogP contribution in [0.4, 0.5) is 8.78 Å². The van der Waals surface area contributed by atoms with Crippen molar-refractivity contribution in [2.24, 2.45) is 0 Å². The van der Waals surface area contributed by atoms with Gasteiger partial charge in [-0.1, -0.05) is 23.4 Å². The van der Waals surface area contributed by atoms with Gasteiger partial charge in [0.2, 0.25) is 5.89 Å². The summed E-state index contributed by atoms with van der Waals surface area (Å²) in [4.78, 5) is 16.8. The molecule has 160 valence electrons. The Morgan fingerprint density at radius 3 is 2.47 bits per heavy atom. The van der Waals surface area contributed by atoms with Crippen LogP contribution in [0.15, 0.2) is 70.1 Å². The summed E-state index contributed by atoms with van der Waals surface area (Å²) in [6.07, 6.45) is 1.46. The third-order valence-corrected chi connectivity index (χ3v) is 4.73. The van der Waals surface area contributed by atoms with Gasteiger partial charge in [-0.3, -0.25) is 0 Å². The number of ether oxygens (including phenoxy) is 1. The number of halogens is 2. The summed E-state index contributed by atoms with van der Waals surface area (Å²) >= 11 is 0. The van der Waals surface area contributed by atoms with Crippen LogP contribution in [-0.2, 0) is 6.54 Å². The molecule has 5 rings (SSSR count). The number of nitrogens with zero attached hydrogens (tertiary/aromatic N) is 5. The van der Waals surface area contributed by atoms with E-state index >= 15 is 0 Å². The Morgan fingerprint density at radius 1 is 1.03 bits per heavy atom. The van der Waals surface area contributed by atoms with Crippen molar-refractivity contribution in [3.05, 3.63) is 94.6 Å². The van der Waals surface area contributed by atoms with Crippen LogP contribution in [0.5, 0.6) is 11.5 Å². The molecule has 0 aliphatic carbocycles. The molecule has 0 aliphatic rings. The first-order valence-electron chi connectivity index (χ1n) is 9.59. The van der Waals surface area contributed by atoms with E-state index in [1.807, 2.05) is 0 Å². The summed E-state index contributed by atoms with van der Waals surface area (Å²) < 4.78 is 42.1. The first-order valence-corrected chi connectivity index (χ1v) is 9.59. The van der Waals surface area contributed by atoms with Crippen LogP contribution in [0.25, 0.3) is 16.8 Å². The molecule has 0 saturated heterocycles. The fourth-order valence-corrected chi connectivity index (χ4v) is 3.25. The van der Waals surface area contributed by atoms with E-state index in [-0.39, 0.29) is 18.0 Å². The van der Waals surface area contributed by atoms with Crippen molar-refractivity contribution in [3.8, 4) is 22.6 Å². The monoisotopic (exact) mass is 435 g/mol. The fraction of sp³-hybridized carbons (Fsp3) is 0.0909. The largest absolute Gasteiger partial charge is 0.451 e. The molecular weight excluding hydrogens is 420 g/mol. The van der Waals surface area contributed by atoms with Crippen molar-refractivity contribution in [2.75, 3.05) is 0 Å². The van der Waals surface area contributed by atoms with E-state index < -0.39 is 23.1 Å². The number of hydrogen-bond donors (Lipinski definition) is 0. The lowest BCUT2D eigenvalue weighted by Crippen LogP contribution is -2.21. The van der Waals surface area contributed by atoms with Crippen LogP contribution < -0.4 is 10.4 Å². The molecule has 3 heterocycles. The summed E-state index contributed by atoms with van der Waals surface area (Å²) in [5.41, 5.74) is 0.578. The van der Waals surface area contributed by atoms with Crippen molar-refractivity contribution >= 4 is 5.65 Å². The van der Waals surface area contributed by atoms with Gasteiger partial charge in [0.1, 0.15) is 12.3 Å². The van der Waals surface area contributed by atoms with E-state index in [0.29, 0.717) is 22.8 Å². The number of aromatic nitrogens is 5. The van der Waals surface area contributed by atoms with Gasteiger partial charge >= 0.3 is 5.69 Å². The molecule has 5 aromatic rings. The second-order valence-corrected chi connectivity index (χ2v) is 7.01. The minimum Gasteiger partial charge on any atom is -0.451 e. The number of benzene rings is 2. The zero-order chi connectivity index (χ0) is 22.2. The smallest absolute Gasteiger partial charge is 0.350 e. The Morgan fingerprint density at radius 2 is 1.78 bits per heavy atom. The standard InChI is InChI=1S/C22H15F2N5O3/c1-13-25-20(32-27-13)12-29-22(30)28-11-14(7-8-19(28)26-29)15-9-17(23)21(18(24)10-15)31-16-5-3-2-4-6-16/h2-11H,12H2,1H3. The minimum absolute atomic E-state index is 0.00542. The van der Waals surface area contributed by atoms with E-state index in [1.165, 1.54) is 15.3 Å². The van der Waals surface area contributed by atoms with Crippen molar-refractivity contribution in [1.82, 2.24) is 24.3 Å². The van der Waals surface area contributed by atoms with Gasteiger partial charge in [0.25, 0.3) is 0 Å². The van der Waals surface area contributed by atoms with Gasteiger partial charge < -0.3 is 9.26 Å². The summed E-state index contributed by atoms with van der Waals surface area (Å²) in [6, 6.07) is 13.9. The van der Waals surface area contributed by atoms with Crippen molar-refractivity contribution in [3.63, 3.8) is 0 Å². The molecule has 3 aromatic heterocycles. The Kier molecular flexibility index (Phi) is 4.74. The Labute approximate surface area is 179 Å². The van der Waals surface area contributed by atoms with Crippen molar-refractivity contribution in [1.29, 1.82) is 0 Å². The highest BCUT2D eigenvalue weighted by Gasteiger charge is 2.16. The van der Waals surface area contributed by atoms with Crippen molar-refractivity contribution in [2.45, 2.75) is 13.5 Å². The quantitative estimate of drug-likeness (QED) is 0.415. The zero-order valence-corrected chi connectivity index (χ0v) is 16.7. The number of hydrogen-bond acceptors (Lipinski definition) is 6. The highest BCUT2D eigenvalue weighted by atomic mass is 19.1. The Balaban J connectivity index is 1.49. The second kappa shape index (κ2) is 7.73. The first kappa shape index (κ1) is 19.6. The molecular formula is C22H15F2N5O3. The molecule has 0 fully saturated rings. The highest BCUT2D eigenvalue weighted by Crippen LogP contribution is 2.32. The van der Waals surface area contributed by atoms with E-state index in [9.17, 15) is 13.6 Å². The lowest BCUT2D eigenvalue weighted by molar-refractivity contribution is 0.361. The minimum atomic E-state index is -0.862. The number of para-hydroxylation sites is 1. The van der Waals surface area contributed by atoms with Crippen molar-refractivity contribution < 1.29 is 18.0 Å².